The van der Waals surface area contributed by atoms with Crippen LogP contribution in [0.1, 0.15) is 46.0 Å². The maximum absolute atomic E-state index is 6.12. The van der Waals surface area contributed by atoms with Gasteiger partial charge >= 0.3 is 0 Å². The summed E-state index contributed by atoms with van der Waals surface area (Å²) in [6, 6.07) is 0.621. The Kier molecular flexibility index (Phi) is 4.62. The van der Waals surface area contributed by atoms with Crippen molar-refractivity contribution in [3.05, 3.63) is 5.15 Å². The van der Waals surface area contributed by atoms with Crippen molar-refractivity contribution >= 4 is 29.1 Å². The van der Waals surface area contributed by atoms with E-state index in [4.69, 9.17) is 11.6 Å². The fourth-order valence-electron chi connectivity index (χ4n) is 2.42. The van der Waals surface area contributed by atoms with Gasteiger partial charge in [-0.25, -0.2) is 0 Å². The Morgan fingerprint density at radius 3 is 2.59 bits per heavy atom. The van der Waals surface area contributed by atoms with Gasteiger partial charge in [-0.1, -0.05) is 38.3 Å². The second kappa shape index (κ2) is 6.01. The average molecular weight is 274 g/mol. The standard InChI is InChI=1S/C12H20ClN3S/c1-9(2)7-8-16(10-5-3-4-6-10)12-11(13)14-17-15-12/h9-10H,3-8H2,1-2H3. The number of nitrogens with zero attached hydrogens (tertiary/aromatic N) is 3. The van der Waals surface area contributed by atoms with Gasteiger partial charge in [0, 0.05) is 12.6 Å². The molecule has 1 fully saturated rings. The lowest BCUT2D eigenvalue weighted by Gasteiger charge is -2.29. The lowest BCUT2D eigenvalue weighted by Crippen LogP contribution is -2.35. The number of rotatable bonds is 5. The van der Waals surface area contributed by atoms with E-state index in [9.17, 15) is 0 Å². The summed E-state index contributed by atoms with van der Waals surface area (Å²) < 4.78 is 8.45. The highest BCUT2D eigenvalue weighted by atomic mass is 35.5. The molecule has 0 aliphatic heterocycles. The molecule has 5 heteroatoms. The molecule has 0 amide bonds. The molecule has 0 bridgehead atoms. The maximum Gasteiger partial charge on any atom is 0.187 e. The van der Waals surface area contributed by atoms with Gasteiger partial charge in [0.25, 0.3) is 0 Å². The normalized spacial score (nSPS) is 16.9. The molecule has 1 aliphatic carbocycles. The third-order valence-electron chi connectivity index (χ3n) is 3.42. The van der Waals surface area contributed by atoms with Crippen LogP contribution in [0.4, 0.5) is 5.82 Å². The van der Waals surface area contributed by atoms with Crippen molar-refractivity contribution in [3.8, 4) is 0 Å². The first-order valence-corrected chi connectivity index (χ1v) is 7.54. The van der Waals surface area contributed by atoms with Gasteiger partial charge in [-0.3, -0.25) is 0 Å². The number of anilines is 1. The molecular weight excluding hydrogens is 254 g/mol. The molecule has 0 radical (unpaired) electrons. The zero-order valence-electron chi connectivity index (χ0n) is 10.5. The lowest BCUT2D eigenvalue weighted by molar-refractivity contribution is 0.526. The van der Waals surface area contributed by atoms with Crippen molar-refractivity contribution in [1.82, 2.24) is 8.75 Å². The summed E-state index contributed by atoms with van der Waals surface area (Å²) in [5.41, 5.74) is 0. The molecule has 17 heavy (non-hydrogen) atoms. The molecule has 0 N–H and O–H groups in total. The zero-order chi connectivity index (χ0) is 12.3. The Morgan fingerprint density at radius 1 is 1.35 bits per heavy atom. The third-order valence-corrected chi connectivity index (χ3v) is 4.29. The minimum absolute atomic E-state index is 0.575. The summed E-state index contributed by atoms with van der Waals surface area (Å²) in [7, 11) is 0. The fraction of sp³-hybridized carbons (Fsp3) is 0.833. The SMILES string of the molecule is CC(C)CCN(c1nsnc1Cl)C1CCCC1. The summed E-state index contributed by atoms with van der Waals surface area (Å²) in [6.07, 6.45) is 6.39. The summed E-state index contributed by atoms with van der Waals surface area (Å²) in [4.78, 5) is 2.39. The number of halogens is 1. The van der Waals surface area contributed by atoms with E-state index < -0.39 is 0 Å². The van der Waals surface area contributed by atoms with Gasteiger partial charge in [-0.2, -0.15) is 8.75 Å². The van der Waals surface area contributed by atoms with Gasteiger partial charge in [0.15, 0.2) is 11.0 Å². The molecule has 0 aromatic carbocycles. The van der Waals surface area contributed by atoms with Crippen molar-refractivity contribution in [2.24, 2.45) is 5.92 Å². The average Bonchev–Trinajstić information content (AvgIpc) is 2.91. The molecule has 1 heterocycles. The van der Waals surface area contributed by atoms with Crippen LogP contribution < -0.4 is 4.90 Å². The van der Waals surface area contributed by atoms with Crippen LogP contribution in [0.25, 0.3) is 0 Å². The monoisotopic (exact) mass is 273 g/mol. The Bertz CT molecular complexity index is 347. The first-order valence-electron chi connectivity index (χ1n) is 6.43. The van der Waals surface area contributed by atoms with Crippen LogP contribution in [-0.2, 0) is 0 Å². The molecule has 1 aromatic rings. The molecule has 0 spiro atoms. The topological polar surface area (TPSA) is 29.0 Å². The van der Waals surface area contributed by atoms with E-state index in [2.05, 4.69) is 27.5 Å². The van der Waals surface area contributed by atoms with E-state index >= 15 is 0 Å². The Hall–Kier alpha value is -0.350. The molecule has 1 saturated carbocycles. The number of hydrogen-bond donors (Lipinski definition) is 0. The smallest absolute Gasteiger partial charge is 0.187 e. The van der Waals surface area contributed by atoms with Gasteiger partial charge in [-0.15, -0.1) is 0 Å². The first kappa shape index (κ1) is 13.1. The van der Waals surface area contributed by atoms with Gasteiger partial charge in [0.2, 0.25) is 0 Å². The summed E-state index contributed by atoms with van der Waals surface area (Å²) in [5.74, 6) is 1.62. The van der Waals surface area contributed by atoms with E-state index in [0.717, 1.165) is 12.4 Å². The molecule has 1 aliphatic rings. The predicted molar refractivity (Wildman–Crippen MR) is 74.0 cm³/mol. The van der Waals surface area contributed by atoms with Crippen LogP contribution in [0.3, 0.4) is 0 Å². The fourth-order valence-corrected chi connectivity index (χ4v) is 3.18. The van der Waals surface area contributed by atoms with E-state index in [1.165, 1.54) is 43.8 Å². The van der Waals surface area contributed by atoms with Crippen molar-refractivity contribution in [3.63, 3.8) is 0 Å². The third kappa shape index (κ3) is 3.32. The predicted octanol–water partition coefficient (Wildman–Crippen LogP) is 3.99. The summed E-state index contributed by atoms with van der Waals surface area (Å²) in [5, 5.41) is 0.575. The molecule has 0 saturated heterocycles. The molecule has 96 valence electrons. The molecule has 0 unspecified atom stereocenters. The van der Waals surface area contributed by atoms with Gasteiger partial charge in [0.1, 0.15) is 0 Å². The second-order valence-electron chi connectivity index (χ2n) is 5.19. The second-order valence-corrected chi connectivity index (χ2v) is 6.08. The number of aromatic nitrogens is 2. The molecule has 1 aromatic heterocycles. The van der Waals surface area contributed by atoms with E-state index in [1.54, 1.807) is 0 Å². The summed E-state index contributed by atoms with van der Waals surface area (Å²) in [6.45, 7) is 5.56. The van der Waals surface area contributed by atoms with E-state index in [-0.39, 0.29) is 0 Å². The Morgan fingerprint density at radius 2 is 2.06 bits per heavy atom. The molecular formula is C12H20ClN3S. The minimum Gasteiger partial charge on any atom is -0.350 e. The highest BCUT2D eigenvalue weighted by Crippen LogP contribution is 2.31. The summed E-state index contributed by atoms with van der Waals surface area (Å²) >= 11 is 7.34. The Balaban J connectivity index is 2.09. The highest BCUT2D eigenvalue weighted by Gasteiger charge is 2.26. The molecule has 0 atom stereocenters. The maximum atomic E-state index is 6.12. The van der Waals surface area contributed by atoms with E-state index in [1.807, 2.05) is 0 Å². The first-order chi connectivity index (χ1) is 8.18. The largest absolute Gasteiger partial charge is 0.350 e. The van der Waals surface area contributed by atoms with Crippen LogP contribution >= 0.6 is 23.3 Å². The van der Waals surface area contributed by atoms with Gasteiger partial charge in [0.05, 0.1) is 11.7 Å². The van der Waals surface area contributed by atoms with Crippen molar-refractivity contribution in [2.75, 3.05) is 11.4 Å². The van der Waals surface area contributed by atoms with Crippen LogP contribution in [0.2, 0.25) is 5.15 Å². The molecule has 2 rings (SSSR count). The lowest BCUT2D eigenvalue weighted by atomic mass is 10.1. The quantitative estimate of drug-likeness (QED) is 0.812. The van der Waals surface area contributed by atoms with Crippen molar-refractivity contribution < 1.29 is 0 Å². The van der Waals surface area contributed by atoms with Gasteiger partial charge < -0.3 is 4.90 Å². The van der Waals surface area contributed by atoms with Gasteiger partial charge in [-0.05, 0) is 25.2 Å². The van der Waals surface area contributed by atoms with Crippen LogP contribution in [0.5, 0.6) is 0 Å². The van der Waals surface area contributed by atoms with Crippen LogP contribution in [0.15, 0.2) is 0 Å². The minimum atomic E-state index is 0.575. The molecule has 3 nitrogen and oxygen atoms in total. The van der Waals surface area contributed by atoms with Crippen LogP contribution in [-0.4, -0.2) is 21.3 Å². The van der Waals surface area contributed by atoms with Crippen molar-refractivity contribution in [2.45, 2.75) is 52.0 Å². The number of hydrogen-bond acceptors (Lipinski definition) is 4. The zero-order valence-corrected chi connectivity index (χ0v) is 12.1. The van der Waals surface area contributed by atoms with E-state index in [0.29, 0.717) is 17.1 Å². The van der Waals surface area contributed by atoms with Crippen LogP contribution in [0, 0.1) is 5.92 Å². The highest BCUT2D eigenvalue weighted by molar-refractivity contribution is 6.99. The Labute approximate surface area is 112 Å². The van der Waals surface area contributed by atoms with Crippen molar-refractivity contribution in [1.29, 1.82) is 0 Å².